The van der Waals surface area contributed by atoms with Crippen LogP contribution in [0.15, 0.2) is 65.5 Å². The summed E-state index contributed by atoms with van der Waals surface area (Å²) in [6, 6.07) is 6.32. The lowest BCUT2D eigenvalue weighted by Gasteiger charge is -2.14. The Balaban J connectivity index is 2.11. The van der Waals surface area contributed by atoms with Gasteiger partial charge in [0.25, 0.3) is 10.1 Å². The maximum absolute atomic E-state index is 12.1. The van der Waals surface area contributed by atoms with E-state index in [2.05, 4.69) is 39.2 Å². The first-order valence-electron chi connectivity index (χ1n) is 11.0. The Kier molecular flexibility index (Phi) is 12.5. The molecular weight excluding hydrogens is 647 g/mol. The molecule has 0 aromatic heterocycles. The third kappa shape index (κ3) is 8.38. The molecule has 1 atom stereocenters. The summed E-state index contributed by atoms with van der Waals surface area (Å²) in [6.07, 6.45) is 0.685. The van der Waals surface area contributed by atoms with Crippen molar-refractivity contribution in [3.05, 3.63) is 35.9 Å². The van der Waals surface area contributed by atoms with Crippen molar-refractivity contribution in [1.29, 1.82) is 0 Å². The molecule has 0 fully saturated rings. The van der Waals surface area contributed by atoms with Crippen molar-refractivity contribution in [1.82, 2.24) is 0 Å². The molecule has 0 amide bonds. The molecule has 0 radical (unpaired) electrons. The molecule has 0 heterocycles. The number of phenolic OH excluding ortho intramolecular Hbond substituents is 1. The fourth-order valence-corrected chi connectivity index (χ4v) is 5.54. The van der Waals surface area contributed by atoms with Crippen LogP contribution in [0.25, 0.3) is 10.8 Å². The van der Waals surface area contributed by atoms with E-state index in [9.17, 15) is 26.8 Å². The maximum Gasteiger partial charge on any atom is 0.296 e. The zero-order valence-corrected chi connectivity index (χ0v) is 24.3. The quantitative estimate of drug-likeness (QED) is 0.0172. The third-order valence-electron chi connectivity index (χ3n) is 5.23. The van der Waals surface area contributed by atoms with E-state index in [0.29, 0.717) is 42.8 Å². The largest absolute Gasteiger partial charge is 0.505 e. The van der Waals surface area contributed by atoms with Crippen LogP contribution in [0.2, 0.25) is 0 Å². The minimum absolute atomic E-state index is 0.0234. The molecule has 1 unspecified atom stereocenters. The molecule has 0 aliphatic carbocycles. The van der Waals surface area contributed by atoms with Gasteiger partial charge in [-0.15, -0.1) is 18.9 Å². The fraction of sp³-hybridized carbons (Fsp3) is 0.200. The molecule has 18 nitrogen and oxygen atoms in total. The first kappa shape index (κ1) is 33.7. The van der Waals surface area contributed by atoms with Crippen LogP contribution in [-0.4, -0.2) is 51.0 Å². The highest BCUT2D eigenvalue weighted by Crippen LogP contribution is 2.49. The van der Waals surface area contributed by atoms with Crippen molar-refractivity contribution in [2.45, 2.75) is 27.5 Å². The van der Waals surface area contributed by atoms with Crippen LogP contribution in [0.1, 0.15) is 12.0 Å². The molecule has 42 heavy (non-hydrogen) atoms. The number of anilines is 1. The van der Waals surface area contributed by atoms with Crippen LogP contribution >= 0.6 is 24.4 Å². The predicted octanol–water partition coefficient (Wildman–Crippen LogP) is 5.45. The second-order valence-electron chi connectivity index (χ2n) is 7.69. The minimum Gasteiger partial charge on any atom is -0.505 e. The lowest BCUT2D eigenvalue weighted by molar-refractivity contribution is -0.434. The molecule has 0 aliphatic heterocycles. The van der Waals surface area contributed by atoms with Crippen LogP contribution in [-0.2, 0) is 50.5 Å². The van der Waals surface area contributed by atoms with Gasteiger partial charge < -0.3 is 15.4 Å². The molecule has 3 aromatic rings. The van der Waals surface area contributed by atoms with Crippen molar-refractivity contribution in [2.75, 3.05) is 19.4 Å². The van der Waals surface area contributed by atoms with Gasteiger partial charge in [0.05, 0.1) is 39.5 Å². The van der Waals surface area contributed by atoms with Crippen molar-refractivity contribution in [3.8, 4) is 5.75 Å². The second-order valence-corrected chi connectivity index (χ2v) is 11.3. The summed E-state index contributed by atoms with van der Waals surface area (Å²) in [4.78, 5) is -0.939. The summed E-state index contributed by atoms with van der Waals surface area (Å²) in [5.41, 5.74) is 5.74. The molecule has 0 saturated carbocycles. The Labute approximate surface area is 247 Å². The standard InChI is InChI=1S/C20H21N5O13S4/c1-22-23-13-9-15(41(29)30)11-8-14(39-37-35-27)19(20(26)17(11)18(13)21)25-24-12-5-4-10(7-16(12)42(31,32)33)3-2-6-34-40-38-36-28/h4-5,7-9,26-28H,2-3,6,21H2,1H3,(H,29,30)(H,31,32,33). The topological polar surface area (TPSA) is 274 Å². The maximum atomic E-state index is 12.1. The average molecular weight is 668 g/mol. The van der Waals surface area contributed by atoms with Gasteiger partial charge in [0, 0.05) is 12.4 Å². The fourth-order valence-electron chi connectivity index (χ4n) is 3.56. The number of rotatable bonds is 15. The second kappa shape index (κ2) is 15.6. The van der Waals surface area contributed by atoms with E-state index in [4.69, 9.17) is 20.4 Å². The van der Waals surface area contributed by atoms with Crippen LogP contribution in [0.4, 0.5) is 22.7 Å². The zero-order chi connectivity index (χ0) is 30.9. The number of benzene rings is 3. The number of nitrogen functional groups attached to an aromatic ring is 1. The van der Waals surface area contributed by atoms with E-state index >= 15 is 0 Å². The smallest absolute Gasteiger partial charge is 0.296 e. The summed E-state index contributed by atoms with van der Waals surface area (Å²) in [6.45, 7) is 0.133. The molecule has 7 N–H and O–H groups in total. The highest BCUT2D eigenvalue weighted by Gasteiger charge is 2.23. The molecule has 3 rings (SSSR count). The highest BCUT2D eigenvalue weighted by atomic mass is 32.2. The SMILES string of the molecule is CN=Nc1cc(S(=O)O)c2cc(SOOO)c(N=Nc3ccc(CCCOSOOO)cc3S(=O)(=O)O)c(O)c2c1N. The number of phenols is 1. The van der Waals surface area contributed by atoms with Gasteiger partial charge in [-0.05, 0) is 42.7 Å². The molecule has 3 aromatic carbocycles. The van der Waals surface area contributed by atoms with Crippen molar-refractivity contribution in [2.24, 2.45) is 20.5 Å². The number of azo groups is 2. The molecule has 0 spiro atoms. The number of fused-ring (bicyclic) bond motifs is 1. The number of hydrogen-bond acceptors (Lipinski definition) is 18. The Bertz CT molecular complexity index is 1620. The van der Waals surface area contributed by atoms with E-state index in [1.165, 1.54) is 31.3 Å². The minimum atomic E-state index is -4.81. The third-order valence-corrected chi connectivity index (χ3v) is 7.82. The Morgan fingerprint density at radius 3 is 2.43 bits per heavy atom. The molecule has 0 bridgehead atoms. The normalized spacial score (nSPS) is 13.1. The van der Waals surface area contributed by atoms with Crippen molar-refractivity contribution < 1.29 is 60.3 Å². The van der Waals surface area contributed by atoms with Gasteiger partial charge in [0.1, 0.15) is 22.0 Å². The van der Waals surface area contributed by atoms with Gasteiger partial charge in [-0.2, -0.15) is 18.6 Å². The van der Waals surface area contributed by atoms with E-state index < -0.39 is 31.8 Å². The van der Waals surface area contributed by atoms with Crippen molar-refractivity contribution >= 4 is 79.1 Å². The van der Waals surface area contributed by atoms with Gasteiger partial charge in [-0.25, -0.2) is 14.7 Å². The molecule has 0 saturated heterocycles. The first-order chi connectivity index (χ1) is 20.0. The van der Waals surface area contributed by atoms with Gasteiger partial charge >= 0.3 is 0 Å². The summed E-state index contributed by atoms with van der Waals surface area (Å²) in [5, 5.41) is 49.8. The summed E-state index contributed by atoms with van der Waals surface area (Å²) in [5.74, 6) is -0.684. The van der Waals surface area contributed by atoms with Gasteiger partial charge in [0.2, 0.25) is 0 Å². The van der Waals surface area contributed by atoms with Crippen LogP contribution in [0.5, 0.6) is 5.75 Å². The Morgan fingerprint density at radius 1 is 1.05 bits per heavy atom. The van der Waals surface area contributed by atoms with Crippen LogP contribution in [0, 0.1) is 0 Å². The zero-order valence-electron chi connectivity index (χ0n) is 21.0. The molecule has 0 aliphatic rings. The van der Waals surface area contributed by atoms with Gasteiger partial charge in [0.15, 0.2) is 29.2 Å². The highest BCUT2D eigenvalue weighted by molar-refractivity contribution is 7.94. The van der Waals surface area contributed by atoms with Crippen molar-refractivity contribution in [3.63, 3.8) is 0 Å². The Hall–Kier alpha value is -2.84. The van der Waals surface area contributed by atoms with E-state index in [1.54, 1.807) is 0 Å². The van der Waals surface area contributed by atoms with Crippen LogP contribution in [0.3, 0.4) is 0 Å². The predicted molar refractivity (Wildman–Crippen MR) is 147 cm³/mol. The lowest BCUT2D eigenvalue weighted by atomic mass is 10.0. The molecule has 22 heteroatoms. The number of nitrogens with two attached hydrogens (primary N) is 1. The van der Waals surface area contributed by atoms with E-state index in [-0.39, 0.29) is 49.9 Å². The summed E-state index contributed by atoms with van der Waals surface area (Å²) < 4.78 is 69.4. The van der Waals surface area contributed by atoms with Gasteiger partial charge in [-0.1, -0.05) is 16.1 Å². The average Bonchev–Trinajstić information content (AvgIpc) is 2.94. The number of hydrogen-bond donors (Lipinski definition) is 6. The first-order valence-corrected chi connectivity index (χ1v) is 14.9. The number of aryl methyl sites for hydroxylation is 1. The summed E-state index contributed by atoms with van der Waals surface area (Å²) >= 11 is -1.88. The number of nitrogens with zero attached hydrogens (tertiary/aromatic N) is 4. The molecule has 228 valence electrons. The van der Waals surface area contributed by atoms with Crippen LogP contribution < -0.4 is 5.73 Å². The van der Waals surface area contributed by atoms with E-state index in [1.807, 2.05) is 0 Å². The Morgan fingerprint density at radius 2 is 1.79 bits per heavy atom. The molecular formula is C20H21N5O13S4. The lowest BCUT2D eigenvalue weighted by Crippen LogP contribution is -2.00. The van der Waals surface area contributed by atoms with Gasteiger partial charge in [-0.3, -0.25) is 8.74 Å². The summed E-state index contributed by atoms with van der Waals surface area (Å²) in [7, 11) is -3.48. The number of aromatic hydroxyl groups is 1. The monoisotopic (exact) mass is 667 g/mol. The van der Waals surface area contributed by atoms with E-state index in [0.717, 1.165) is 6.07 Å².